The number of halogens is 1. The molecule has 1 heterocycles. The molecule has 6 rings (SSSR count). The second-order valence-corrected chi connectivity index (χ2v) is 11.7. The highest BCUT2D eigenvalue weighted by Crippen LogP contribution is 2.67. The van der Waals surface area contributed by atoms with Crippen molar-refractivity contribution < 1.29 is 18.7 Å². The first-order valence-electron chi connectivity index (χ1n) is 13.3. The van der Waals surface area contributed by atoms with Gasteiger partial charge in [-0.05, 0) is 78.8 Å². The summed E-state index contributed by atoms with van der Waals surface area (Å²) in [5, 5.41) is 0.481. The van der Waals surface area contributed by atoms with Crippen molar-refractivity contribution in [1.82, 2.24) is 4.57 Å². The minimum Gasteiger partial charge on any atom is -0.469 e. The molecule has 2 aliphatic carbocycles. The zero-order valence-corrected chi connectivity index (χ0v) is 21.9. The molecular formula is C33H32FNO3. The van der Waals surface area contributed by atoms with E-state index < -0.39 is 0 Å². The third-order valence-electron chi connectivity index (χ3n) is 8.71. The molecule has 3 aromatic carbocycles. The molecule has 1 spiro atoms. The van der Waals surface area contributed by atoms with Crippen LogP contribution in [0.5, 0.6) is 0 Å². The van der Waals surface area contributed by atoms with Crippen molar-refractivity contribution in [3.05, 3.63) is 95.9 Å². The van der Waals surface area contributed by atoms with Crippen LogP contribution in [0.25, 0.3) is 22.0 Å². The molecular weight excluding hydrogens is 477 g/mol. The molecule has 0 radical (unpaired) electrons. The number of aromatic nitrogens is 1. The molecule has 5 heteroatoms. The lowest BCUT2D eigenvalue weighted by atomic mass is 9.42. The Morgan fingerprint density at radius 2 is 1.63 bits per heavy atom. The summed E-state index contributed by atoms with van der Waals surface area (Å²) in [4.78, 5) is 25.5. The summed E-state index contributed by atoms with van der Waals surface area (Å²) in [7, 11) is 1.44. The second kappa shape index (κ2) is 9.23. The summed E-state index contributed by atoms with van der Waals surface area (Å²) in [6, 6.07) is 23.4. The van der Waals surface area contributed by atoms with E-state index in [1.54, 1.807) is 12.1 Å². The zero-order chi connectivity index (χ0) is 26.5. The molecule has 2 fully saturated rings. The number of esters is 1. The van der Waals surface area contributed by atoms with Gasteiger partial charge in [0.2, 0.25) is 0 Å². The van der Waals surface area contributed by atoms with Gasteiger partial charge in [-0.1, -0.05) is 54.6 Å². The fourth-order valence-corrected chi connectivity index (χ4v) is 7.24. The minimum atomic E-state index is -0.382. The van der Waals surface area contributed by atoms with Gasteiger partial charge in [0.1, 0.15) is 5.82 Å². The third-order valence-corrected chi connectivity index (χ3v) is 8.71. The number of hydrogen-bond donors (Lipinski definition) is 0. The summed E-state index contributed by atoms with van der Waals surface area (Å²) in [6.07, 6.45) is 5.92. The van der Waals surface area contributed by atoms with Gasteiger partial charge in [-0.2, -0.15) is 0 Å². The minimum absolute atomic E-state index is 0.0595. The van der Waals surface area contributed by atoms with Gasteiger partial charge in [0.25, 0.3) is 0 Å². The van der Waals surface area contributed by atoms with E-state index in [4.69, 9.17) is 4.74 Å². The lowest BCUT2D eigenvalue weighted by Gasteiger charge is -2.61. The molecule has 0 bridgehead atoms. The molecule has 1 aromatic heterocycles. The van der Waals surface area contributed by atoms with Crippen molar-refractivity contribution in [1.29, 1.82) is 0 Å². The van der Waals surface area contributed by atoms with E-state index in [-0.39, 0.29) is 28.4 Å². The molecule has 194 valence electrons. The van der Waals surface area contributed by atoms with Crippen molar-refractivity contribution in [2.24, 2.45) is 16.7 Å². The predicted molar refractivity (Wildman–Crippen MR) is 146 cm³/mol. The van der Waals surface area contributed by atoms with E-state index >= 15 is 0 Å². The van der Waals surface area contributed by atoms with E-state index in [1.165, 1.54) is 13.2 Å². The van der Waals surface area contributed by atoms with Gasteiger partial charge >= 0.3 is 5.97 Å². The normalized spacial score (nSPS) is 24.1. The molecule has 0 saturated heterocycles. The molecule has 0 aliphatic heterocycles. The maximum atomic E-state index is 14.7. The van der Waals surface area contributed by atoms with Crippen molar-refractivity contribution >= 4 is 22.7 Å². The standard InChI is InChI=1S/C33H32FNO3/c1-32(31(37)38-2)20-33(21-32)17-23(18-33)16-29(36)27-12-13-28(34)26-14-15-35(30(26)27)19-22-8-10-25(11-9-22)24-6-4-3-5-7-24/h3-15,23H,16-21H2,1-2H3. The molecule has 0 amide bonds. The smallest absolute Gasteiger partial charge is 0.311 e. The molecule has 0 N–H and O–H groups in total. The monoisotopic (exact) mass is 509 g/mol. The molecule has 2 aliphatic rings. The van der Waals surface area contributed by atoms with Crippen LogP contribution >= 0.6 is 0 Å². The second-order valence-electron chi connectivity index (χ2n) is 11.7. The predicted octanol–water partition coefficient (Wildman–Crippen LogP) is 7.44. The van der Waals surface area contributed by atoms with Gasteiger partial charge in [-0.3, -0.25) is 9.59 Å². The third kappa shape index (κ3) is 4.24. The van der Waals surface area contributed by atoms with Gasteiger partial charge in [0, 0.05) is 30.1 Å². The Labute approximate surface area is 222 Å². The van der Waals surface area contributed by atoms with E-state index in [0.717, 1.165) is 42.4 Å². The first-order chi connectivity index (χ1) is 18.3. The molecule has 4 aromatic rings. The highest BCUT2D eigenvalue weighted by molar-refractivity contribution is 6.07. The van der Waals surface area contributed by atoms with Crippen LogP contribution in [0.2, 0.25) is 0 Å². The highest BCUT2D eigenvalue weighted by Gasteiger charge is 2.61. The quantitative estimate of drug-likeness (QED) is 0.192. The van der Waals surface area contributed by atoms with Crippen molar-refractivity contribution in [3.8, 4) is 11.1 Å². The fraction of sp³-hybridized carbons (Fsp3) is 0.333. The van der Waals surface area contributed by atoms with Crippen LogP contribution in [0.3, 0.4) is 0 Å². The van der Waals surface area contributed by atoms with Gasteiger partial charge in [-0.15, -0.1) is 0 Å². The average molecular weight is 510 g/mol. The number of fused-ring (bicyclic) bond motifs is 1. The number of benzene rings is 3. The maximum Gasteiger partial charge on any atom is 0.311 e. The molecule has 38 heavy (non-hydrogen) atoms. The molecule has 4 nitrogen and oxygen atoms in total. The Balaban J connectivity index is 1.17. The summed E-state index contributed by atoms with van der Waals surface area (Å²) in [5.74, 6) is -0.0799. The lowest BCUT2D eigenvalue weighted by Crippen LogP contribution is -2.56. The van der Waals surface area contributed by atoms with Crippen LogP contribution in [-0.4, -0.2) is 23.4 Å². The number of ether oxygens (including phenoxy) is 1. The highest BCUT2D eigenvalue weighted by atomic mass is 19.1. The van der Waals surface area contributed by atoms with E-state index in [1.807, 2.05) is 35.9 Å². The summed E-state index contributed by atoms with van der Waals surface area (Å²) in [6.45, 7) is 2.53. The number of rotatable bonds is 7. The Hall–Kier alpha value is -3.73. The maximum absolute atomic E-state index is 14.7. The molecule has 0 unspecified atom stereocenters. The number of carbonyl (C=O) groups is 2. The van der Waals surface area contributed by atoms with Crippen molar-refractivity contribution in [3.63, 3.8) is 0 Å². The van der Waals surface area contributed by atoms with Crippen LogP contribution < -0.4 is 0 Å². The van der Waals surface area contributed by atoms with Crippen LogP contribution in [0.4, 0.5) is 4.39 Å². The van der Waals surface area contributed by atoms with Crippen LogP contribution in [0.1, 0.15) is 54.9 Å². The number of methoxy groups -OCH3 is 1. The van der Waals surface area contributed by atoms with Crippen LogP contribution in [0, 0.1) is 22.6 Å². The largest absolute Gasteiger partial charge is 0.469 e. The van der Waals surface area contributed by atoms with E-state index in [0.29, 0.717) is 35.3 Å². The topological polar surface area (TPSA) is 48.3 Å². The van der Waals surface area contributed by atoms with E-state index in [9.17, 15) is 14.0 Å². The zero-order valence-electron chi connectivity index (χ0n) is 21.9. The fourth-order valence-electron chi connectivity index (χ4n) is 7.24. The van der Waals surface area contributed by atoms with Gasteiger partial charge in [0.05, 0.1) is 18.0 Å². The van der Waals surface area contributed by atoms with Gasteiger partial charge in [0.15, 0.2) is 5.78 Å². The average Bonchev–Trinajstić information content (AvgIpc) is 3.31. The first-order valence-corrected chi connectivity index (χ1v) is 13.3. The first kappa shape index (κ1) is 24.6. The Morgan fingerprint density at radius 3 is 2.32 bits per heavy atom. The Morgan fingerprint density at radius 1 is 0.947 bits per heavy atom. The van der Waals surface area contributed by atoms with Gasteiger partial charge < -0.3 is 9.30 Å². The van der Waals surface area contributed by atoms with Crippen LogP contribution in [0.15, 0.2) is 79.0 Å². The summed E-state index contributed by atoms with van der Waals surface area (Å²) < 4.78 is 21.7. The van der Waals surface area contributed by atoms with Gasteiger partial charge in [-0.25, -0.2) is 4.39 Å². The number of ketones is 1. The molecule has 2 saturated carbocycles. The number of carbonyl (C=O) groups excluding carboxylic acids is 2. The van der Waals surface area contributed by atoms with Crippen molar-refractivity contribution in [2.45, 2.75) is 45.6 Å². The summed E-state index contributed by atoms with van der Waals surface area (Å²) in [5.41, 5.74) is 4.44. The number of hydrogen-bond acceptors (Lipinski definition) is 3. The van der Waals surface area contributed by atoms with Crippen LogP contribution in [-0.2, 0) is 16.1 Å². The summed E-state index contributed by atoms with van der Waals surface area (Å²) >= 11 is 0. The van der Waals surface area contributed by atoms with Crippen molar-refractivity contribution in [2.75, 3.05) is 7.11 Å². The lowest BCUT2D eigenvalue weighted by molar-refractivity contribution is -0.180. The number of nitrogens with zero attached hydrogens (tertiary/aromatic N) is 1. The SMILES string of the molecule is COC(=O)C1(C)CC2(CC(CC(=O)c3ccc(F)c4ccn(Cc5ccc(-c6ccccc6)cc5)c34)C2)C1. The Kier molecular flexibility index (Phi) is 5.97. The number of Topliss-reactive ketones (excluding diaryl/α,β-unsaturated/α-hetero) is 1. The Bertz CT molecular complexity index is 1510. The molecule has 0 atom stereocenters. The van der Waals surface area contributed by atoms with E-state index in [2.05, 4.69) is 36.4 Å².